The minimum absolute atomic E-state index is 0.0317. The number of nitrogens with one attached hydrogen (secondary N) is 1. The number of rotatable bonds is 5. The first-order chi connectivity index (χ1) is 12.7. The highest BCUT2D eigenvalue weighted by Gasteiger charge is 2.32. The molecule has 2 rings (SSSR count). The summed E-state index contributed by atoms with van der Waals surface area (Å²) in [6, 6.07) is 3.06. The zero-order valence-corrected chi connectivity index (χ0v) is 16.9. The number of amides is 2. The lowest BCUT2D eigenvalue weighted by Gasteiger charge is -2.35. The van der Waals surface area contributed by atoms with E-state index < -0.39 is 17.7 Å². The number of alkyl carbamates (subject to hydrolysis) is 1. The van der Waals surface area contributed by atoms with Gasteiger partial charge < -0.3 is 19.7 Å². The van der Waals surface area contributed by atoms with Gasteiger partial charge in [0, 0.05) is 38.3 Å². The molecule has 150 valence electrons. The highest BCUT2D eigenvalue weighted by Crippen LogP contribution is 2.20. The first-order valence-corrected chi connectivity index (χ1v) is 9.50. The number of likely N-dealkylation sites (tertiary alicyclic amines) is 1. The Bertz CT molecular complexity index is 620. The molecule has 1 aliphatic heterocycles. The molecule has 0 radical (unpaired) electrons. The third-order valence-corrected chi connectivity index (χ3v) is 4.31. The molecule has 0 saturated carbocycles. The van der Waals surface area contributed by atoms with Crippen LogP contribution in [0.2, 0.25) is 0 Å². The number of nitrogens with zero attached hydrogens (tertiary/aromatic N) is 2. The van der Waals surface area contributed by atoms with E-state index in [1.807, 2.05) is 26.0 Å². The molecule has 2 amide bonds. The average molecular weight is 377 g/mol. The first kappa shape index (κ1) is 21.0. The fourth-order valence-electron chi connectivity index (χ4n) is 2.95. The average Bonchev–Trinajstić information content (AvgIpc) is 2.59. The van der Waals surface area contributed by atoms with Crippen molar-refractivity contribution in [1.82, 2.24) is 15.2 Å². The van der Waals surface area contributed by atoms with Crippen LogP contribution >= 0.6 is 0 Å². The van der Waals surface area contributed by atoms with Crippen LogP contribution in [0.25, 0.3) is 0 Å². The predicted molar refractivity (Wildman–Crippen MR) is 102 cm³/mol. The predicted octanol–water partition coefficient (Wildman–Crippen LogP) is 3.00. The number of carbonyl (C=O) groups is 2. The molecule has 1 aromatic rings. The molecular formula is C20H31N3O4. The highest BCUT2D eigenvalue weighted by atomic mass is 16.6. The topological polar surface area (TPSA) is 80.8 Å². The fraction of sp³-hybridized carbons (Fsp3) is 0.650. The molecular weight excluding hydrogens is 346 g/mol. The fourth-order valence-corrected chi connectivity index (χ4v) is 2.95. The van der Waals surface area contributed by atoms with Crippen molar-refractivity contribution in [3.63, 3.8) is 0 Å². The van der Waals surface area contributed by atoms with Crippen molar-refractivity contribution < 1.29 is 19.1 Å². The van der Waals surface area contributed by atoms with E-state index >= 15 is 0 Å². The summed E-state index contributed by atoms with van der Waals surface area (Å²) in [5.74, 6) is 0.690. The summed E-state index contributed by atoms with van der Waals surface area (Å²) in [7, 11) is 0. The van der Waals surface area contributed by atoms with Crippen LogP contribution in [0.1, 0.15) is 47.5 Å². The molecule has 0 aromatic carbocycles. The van der Waals surface area contributed by atoms with Crippen LogP contribution in [0.3, 0.4) is 0 Å². The number of aromatic nitrogens is 1. The Morgan fingerprint density at radius 1 is 1.19 bits per heavy atom. The van der Waals surface area contributed by atoms with Crippen LogP contribution in [0.5, 0.6) is 5.75 Å². The van der Waals surface area contributed by atoms with Gasteiger partial charge in [-0.25, -0.2) is 4.79 Å². The van der Waals surface area contributed by atoms with Gasteiger partial charge in [-0.3, -0.25) is 9.78 Å². The van der Waals surface area contributed by atoms with E-state index in [0.717, 1.165) is 18.6 Å². The first-order valence-electron chi connectivity index (χ1n) is 9.50. The summed E-state index contributed by atoms with van der Waals surface area (Å²) in [6.07, 6.45) is 4.42. The number of pyridine rings is 1. The Labute approximate surface area is 161 Å². The van der Waals surface area contributed by atoms with E-state index in [-0.39, 0.29) is 17.9 Å². The second-order valence-corrected chi connectivity index (χ2v) is 8.19. The molecule has 7 nitrogen and oxygen atoms in total. The Morgan fingerprint density at radius 3 is 2.30 bits per heavy atom. The third-order valence-electron chi connectivity index (χ3n) is 4.31. The van der Waals surface area contributed by atoms with Crippen molar-refractivity contribution in [1.29, 1.82) is 0 Å². The lowest BCUT2D eigenvalue weighted by atomic mass is 10.0. The van der Waals surface area contributed by atoms with Gasteiger partial charge in [0.05, 0.1) is 0 Å². The molecule has 0 bridgehead atoms. The maximum atomic E-state index is 12.9. The number of carbonyl (C=O) groups excluding carboxylic acids is 2. The van der Waals surface area contributed by atoms with Crippen molar-refractivity contribution in [2.75, 3.05) is 13.1 Å². The maximum absolute atomic E-state index is 12.9. The van der Waals surface area contributed by atoms with Crippen LogP contribution in [-0.2, 0) is 9.53 Å². The Kier molecular flexibility index (Phi) is 7.05. The molecule has 1 atom stereocenters. The van der Waals surface area contributed by atoms with Gasteiger partial charge in [0.15, 0.2) is 0 Å². The van der Waals surface area contributed by atoms with Crippen molar-refractivity contribution in [2.24, 2.45) is 5.92 Å². The van der Waals surface area contributed by atoms with Gasteiger partial charge in [-0.1, -0.05) is 13.8 Å². The zero-order chi connectivity index (χ0) is 20.0. The highest BCUT2D eigenvalue weighted by molar-refractivity contribution is 5.86. The van der Waals surface area contributed by atoms with E-state index in [9.17, 15) is 9.59 Å². The molecule has 1 fully saturated rings. The second-order valence-electron chi connectivity index (χ2n) is 8.19. The van der Waals surface area contributed by atoms with Gasteiger partial charge in [0.1, 0.15) is 23.5 Å². The Morgan fingerprint density at radius 2 is 1.78 bits per heavy atom. The number of piperidine rings is 1. The standard InChI is InChI=1S/C20H31N3O4/c1-14(2)17(22-19(25)27-20(3,4)5)18(24)23-12-8-16(9-13-23)26-15-6-10-21-11-7-15/h6-7,10-11,14,16-17H,8-9,12-13H2,1-5H3,(H,22,25)/t17-/m0/s1. The quantitative estimate of drug-likeness (QED) is 0.853. The van der Waals surface area contributed by atoms with Crippen molar-refractivity contribution >= 4 is 12.0 Å². The van der Waals surface area contributed by atoms with Crippen LogP contribution in [0.15, 0.2) is 24.5 Å². The summed E-state index contributed by atoms with van der Waals surface area (Å²) >= 11 is 0. The van der Waals surface area contributed by atoms with E-state index in [1.54, 1.807) is 38.1 Å². The molecule has 27 heavy (non-hydrogen) atoms. The summed E-state index contributed by atoms with van der Waals surface area (Å²) in [5, 5.41) is 2.73. The van der Waals surface area contributed by atoms with Crippen LogP contribution in [0, 0.1) is 5.92 Å². The van der Waals surface area contributed by atoms with Crippen molar-refractivity contribution in [2.45, 2.75) is 65.2 Å². The van der Waals surface area contributed by atoms with Crippen molar-refractivity contribution in [3.8, 4) is 5.75 Å². The minimum atomic E-state index is -0.600. The number of ether oxygens (including phenoxy) is 2. The molecule has 0 spiro atoms. The molecule has 1 aliphatic rings. The molecule has 1 N–H and O–H groups in total. The number of hydrogen-bond donors (Lipinski definition) is 1. The molecule has 0 unspecified atom stereocenters. The normalized spacial score (nSPS) is 16.7. The Balaban J connectivity index is 1.88. The van der Waals surface area contributed by atoms with Gasteiger partial charge >= 0.3 is 6.09 Å². The molecule has 7 heteroatoms. The maximum Gasteiger partial charge on any atom is 0.408 e. The summed E-state index contributed by atoms with van der Waals surface area (Å²) in [5.41, 5.74) is -0.600. The van der Waals surface area contributed by atoms with Crippen LogP contribution < -0.4 is 10.1 Å². The summed E-state index contributed by atoms with van der Waals surface area (Å²) in [6.45, 7) is 10.4. The Hall–Kier alpha value is -2.31. The van der Waals surface area contributed by atoms with E-state index in [1.165, 1.54) is 0 Å². The zero-order valence-electron chi connectivity index (χ0n) is 16.9. The van der Waals surface area contributed by atoms with Crippen LogP contribution in [0.4, 0.5) is 4.79 Å². The molecule has 1 aromatic heterocycles. The minimum Gasteiger partial charge on any atom is -0.490 e. The van der Waals surface area contributed by atoms with Gasteiger partial charge in [0.2, 0.25) is 5.91 Å². The molecule has 0 aliphatic carbocycles. The summed E-state index contributed by atoms with van der Waals surface area (Å²) < 4.78 is 11.2. The lowest BCUT2D eigenvalue weighted by Crippen LogP contribution is -2.54. The van der Waals surface area contributed by atoms with E-state index in [0.29, 0.717) is 13.1 Å². The lowest BCUT2D eigenvalue weighted by molar-refractivity contribution is -0.136. The van der Waals surface area contributed by atoms with Gasteiger partial charge in [0.25, 0.3) is 0 Å². The van der Waals surface area contributed by atoms with E-state index in [4.69, 9.17) is 9.47 Å². The largest absolute Gasteiger partial charge is 0.490 e. The van der Waals surface area contributed by atoms with E-state index in [2.05, 4.69) is 10.3 Å². The van der Waals surface area contributed by atoms with Crippen LogP contribution in [-0.4, -0.2) is 52.7 Å². The van der Waals surface area contributed by atoms with Gasteiger partial charge in [-0.2, -0.15) is 0 Å². The number of hydrogen-bond acceptors (Lipinski definition) is 5. The van der Waals surface area contributed by atoms with Gasteiger partial charge in [-0.05, 0) is 38.8 Å². The SMILES string of the molecule is CC(C)[C@H](NC(=O)OC(C)(C)C)C(=O)N1CCC(Oc2ccncc2)CC1. The summed E-state index contributed by atoms with van der Waals surface area (Å²) in [4.78, 5) is 30.8. The van der Waals surface area contributed by atoms with Gasteiger partial charge in [-0.15, -0.1) is 0 Å². The smallest absolute Gasteiger partial charge is 0.408 e. The third kappa shape index (κ3) is 6.73. The molecule has 1 saturated heterocycles. The monoisotopic (exact) mass is 377 g/mol. The molecule has 2 heterocycles. The second kappa shape index (κ2) is 9.06. The van der Waals surface area contributed by atoms with Crippen molar-refractivity contribution in [3.05, 3.63) is 24.5 Å².